The van der Waals surface area contributed by atoms with Crippen molar-refractivity contribution in [1.29, 1.82) is 0 Å². The summed E-state index contributed by atoms with van der Waals surface area (Å²) in [6, 6.07) is 62.5. The molecule has 0 aliphatic carbocycles. The zero-order valence-corrected chi connectivity index (χ0v) is 28.3. The molecule has 0 N–H and O–H groups in total. The van der Waals surface area contributed by atoms with Crippen LogP contribution in [0, 0.1) is 6.92 Å². The Labute approximate surface area is 297 Å². The van der Waals surface area contributed by atoms with Crippen LogP contribution in [-0.2, 0) is 0 Å². The molecule has 0 bridgehead atoms. The Kier molecular flexibility index (Phi) is 6.79. The van der Waals surface area contributed by atoms with Gasteiger partial charge < -0.3 is 0 Å². The molecule has 10 aromatic rings. The smallest absolute Gasteiger partial charge is 0.0273 e. The highest BCUT2D eigenvalue weighted by Crippen LogP contribution is 2.42. The van der Waals surface area contributed by atoms with Gasteiger partial charge in [-0.1, -0.05) is 152 Å². The van der Waals surface area contributed by atoms with Crippen LogP contribution in [0.3, 0.4) is 0 Å². The highest BCUT2D eigenvalue weighted by Gasteiger charge is 2.15. The largest absolute Gasteiger partial charge is 0.265 e. The lowest BCUT2D eigenvalue weighted by molar-refractivity contribution is 1.33. The molecular weight excluding hydrogens is 615 g/mol. The molecule has 0 radical (unpaired) electrons. The summed E-state index contributed by atoms with van der Waals surface area (Å²) in [6.07, 6.45) is 3.72. The maximum atomic E-state index is 4.22. The third kappa shape index (κ3) is 4.81. The van der Waals surface area contributed by atoms with E-state index in [9.17, 15) is 0 Å². The van der Waals surface area contributed by atoms with E-state index in [1.165, 1.54) is 104 Å². The van der Waals surface area contributed by atoms with E-state index in [1.54, 1.807) is 0 Å². The van der Waals surface area contributed by atoms with Crippen LogP contribution in [-0.4, -0.2) is 4.98 Å². The molecule has 0 amide bonds. The summed E-state index contributed by atoms with van der Waals surface area (Å²) >= 11 is 0. The Morgan fingerprint density at radius 1 is 0.314 bits per heavy atom. The van der Waals surface area contributed by atoms with Crippen molar-refractivity contribution in [3.63, 3.8) is 0 Å². The van der Waals surface area contributed by atoms with Crippen molar-refractivity contribution in [2.24, 2.45) is 0 Å². The van der Waals surface area contributed by atoms with Crippen LogP contribution < -0.4 is 0 Å². The van der Waals surface area contributed by atoms with Crippen molar-refractivity contribution in [2.75, 3.05) is 0 Å². The van der Waals surface area contributed by atoms with Gasteiger partial charge in [-0.3, -0.25) is 4.98 Å². The van der Waals surface area contributed by atoms with Gasteiger partial charge in [0.25, 0.3) is 0 Å². The van der Waals surface area contributed by atoms with Gasteiger partial charge in [-0.05, 0) is 129 Å². The number of nitrogens with zero attached hydrogens (tertiary/aromatic N) is 1. The van der Waals surface area contributed by atoms with E-state index < -0.39 is 0 Å². The second kappa shape index (κ2) is 11.8. The van der Waals surface area contributed by atoms with Gasteiger partial charge in [-0.2, -0.15) is 0 Å². The molecule has 1 heterocycles. The molecule has 9 aromatic carbocycles. The van der Waals surface area contributed by atoms with Gasteiger partial charge in [0, 0.05) is 12.4 Å². The van der Waals surface area contributed by atoms with Crippen LogP contribution in [0.1, 0.15) is 5.56 Å². The van der Waals surface area contributed by atoms with E-state index in [2.05, 4.69) is 182 Å². The Morgan fingerprint density at radius 3 is 1.53 bits per heavy atom. The number of benzene rings is 9. The highest BCUT2D eigenvalue weighted by atomic mass is 14.6. The predicted octanol–water partition coefficient (Wildman–Crippen LogP) is 13.8. The van der Waals surface area contributed by atoms with Crippen molar-refractivity contribution in [3.05, 3.63) is 188 Å². The lowest BCUT2D eigenvalue weighted by atomic mass is 9.88. The molecule has 0 spiro atoms. The number of aryl methyl sites for hydroxylation is 1. The van der Waals surface area contributed by atoms with Gasteiger partial charge in [-0.25, -0.2) is 0 Å². The first kappa shape index (κ1) is 29.4. The highest BCUT2D eigenvalue weighted by molar-refractivity contribution is 6.21. The topological polar surface area (TPSA) is 12.9 Å². The summed E-state index contributed by atoms with van der Waals surface area (Å²) in [6.45, 7) is 2.23. The molecular formula is C50H33N. The van der Waals surface area contributed by atoms with Gasteiger partial charge in [0.2, 0.25) is 0 Å². The van der Waals surface area contributed by atoms with Crippen molar-refractivity contribution < 1.29 is 0 Å². The van der Waals surface area contributed by atoms with Gasteiger partial charge in [-0.15, -0.1) is 0 Å². The van der Waals surface area contributed by atoms with Crippen LogP contribution in [0.4, 0.5) is 0 Å². The summed E-state index contributed by atoms with van der Waals surface area (Å²) in [4.78, 5) is 4.22. The van der Waals surface area contributed by atoms with Crippen molar-refractivity contribution in [2.45, 2.75) is 6.92 Å². The van der Waals surface area contributed by atoms with Crippen molar-refractivity contribution in [3.8, 4) is 44.5 Å². The van der Waals surface area contributed by atoms with E-state index >= 15 is 0 Å². The molecule has 0 fully saturated rings. The Morgan fingerprint density at radius 2 is 0.843 bits per heavy atom. The van der Waals surface area contributed by atoms with Crippen LogP contribution in [0.5, 0.6) is 0 Å². The molecule has 0 atom stereocenters. The fourth-order valence-electron chi connectivity index (χ4n) is 8.26. The van der Waals surface area contributed by atoms with E-state index in [0.717, 1.165) is 0 Å². The van der Waals surface area contributed by atoms with Gasteiger partial charge >= 0.3 is 0 Å². The maximum absolute atomic E-state index is 4.22. The fourth-order valence-corrected chi connectivity index (χ4v) is 8.26. The normalized spacial score (nSPS) is 11.6. The summed E-state index contributed by atoms with van der Waals surface area (Å²) in [5, 5.41) is 12.8. The maximum Gasteiger partial charge on any atom is 0.0273 e. The van der Waals surface area contributed by atoms with E-state index in [-0.39, 0.29) is 0 Å². The minimum Gasteiger partial charge on any atom is -0.265 e. The zero-order chi connectivity index (χ0) is 33.9. The molecule has 238 valence electrons. The first-order valence-electron chi connectivity index (χ1n) is 17.6. The molecule has 0 aliphatic rings. The number of hydrogen-bond donors (Lipinski definition) is 0. The first-order valence-corrected chi connectivity index (χ1v) is 17.6. The SMILES string of the molecule is Cc1cccc2ccc3cccc(-c4cccc5ccc6cc(-c7ccc(-c8ccc(-c9ccncc9)c9ccccc89)cc7)ccc6c45)c3c12. The van der Waals surface area contributed by atoms with E-state index in [1.807, 2.05) is 12.4 Å². The van der Waals surface area contributed by atoms with Crippen LogP contribution in [0.15, 0.2) is 182 Å². The zero-order valence-electron chi connectivity index (χ0n) is 28.3. The van der Waals surface area contributed by atoms with Crippen LogP contribution >= 0.6 is 0 Å². The minimum absolute atomic E-state index is 1.18. The van der Waals surface area contributed by atoms with Gasteiger partial charge in [0.1, 0.15) is 0 Å². The van der Waals surface area contributed by atoms with Crippen LogP contribution in [0.25, 0.3) is 98.4 Å². The van der Waals surface area contributed by atoms with Gasteiger partial charge in [0.15, 0.2) is 0 Å². The third-order valence-electron chi connectivity index (χ3n) is 10.7. The van der Waals surface area contributed by atoms with E-state index in [0.29, 0.717) is 0 Å². The quantitative estimate of drug-likeness (QED) is 0.173. The molecule has 0 saturated heterocycles. The molecule has 0 unspecified atom stereocenters. The second-order valence-corrected chi connectivity index (χ2v) is 13.6. The van der Waals surface area contributed by atoms with Gasteiger partial charge in [0.05, 0.1) is 0 Å². The number of rotatable bonds is 4. The summed E-state index contributed by atoms with van der Waals surface area (Å²) < 4.78 is 0. The molecule has 1 aromatic heterocycles. The minimum atomic E-state index is 1.18. The lowest BCUT2D eigenvalue weighted by Crippen LogP contribution is -1.89. The second-order valence-electron chi connectivity index (χ2n) is 13.6. The Hall–Kier alpha value is -6.57. The fraction of sp³-hybridized carbons (Fsp3) is 0.0200. The average Bonchev–Trinajstić information content (AvgIpc) is 3.20. The lowest BCUT2D eigenvalue weighted by Gasteiger charge is -2.16. The van der Waals surface area contributed by atoms with Crippen LogP contribution in [0.2, 0.25) is 0 Å². The molecule has 1 nitrogen and oxygen atoms in total. The van der Waals surface area contributed by atoms with E-state index in [4.69, 9.17) is 0 Å². The average molecular weight is 648 g/mol. The summed E-state index contributed by atoms with van der Waals surface area (Å²) in [5.74, 6) is 0. The third-order valence-corrected chi connectivity index (χ3v) is 10.7. The first-order chi connectivity index (χ1) is 25.2. The summed E-state index contributed by atoms with van der Waals surface area (Å²) in [5.41, 5.74) is 11.2. The standard InChI is InChI=1S/C50H33N/c1-32-7-4-8-36-19-20-38-10-6-14-47(50(38)48(32)36)46-13-5-9-37-21-22-40-31-39(23-24-43(40)49(37)46)33-15-17-34(18-16-33)41-25-26-42(35-27-29-51-30-28-35)45-12-3-2-11-44(41)45/h2-31H,1H3. The van der Waals surface area contributed by atoms with Crippen molar-refractivity contribution >= 4 is 53.9 Å². The number of aromatic nitrogens is 1. The molecule has 0 aliphatic heterocycles. The summed E-state index contributed by atoms with van der Waals surface area (Å²) in [7, 11) is 0. The molecule has 1 heteroatoms. The number of pyridine rings is 1. The van der Waals surface area contributed by atoms with Crippen molar-refractivity contribution in [1.82, 2.24) is 4.98 Å². The number of fused-ring (bicyclic) bond motifs is 7. The molecule has 0 saturated carbocycles. The Balaban J connectivity index is 1.07. The molecule has 51 heavy (non-hydrogen) atoms. The number of hydrogen-bond acceptors (Lipinski definition) is 1. The monoisotopic (exact) mass is 647 g/mol. The Bertz CT molecular complexity index is 2960. The predicted molar refractivity (Wildman–Crippen MR) is 218 cm³/mol. The molecule has 10 rings (SSSR count).